The number of rotatable bonds is 7. The third kappa shape index (κ3) is 4.98. The molecule has 1 aliphatic rings. The van der Waals surface area contributed by atoms with Gasteiger partial charge in [0.2, 0.25) is 0 Å². The summed E-state index contributed by atoms with van der Waals surface area (Å²) >= 11 is 5.45. The number of thiocarbonyl (C=S) groups is 1. The van der Waals surface area contributed by atoms with Crippen LogP contribution in [0.3, 0.4) is 0 Å². The average Bonchev–Trinajstić information content (AvgIpc) is 2.84. The number of carbonyl (C=O) groups is 1. The largest absolute Gasteiger partial charge is 0.489 e. The fourth-order valence-corrected chi connectivity index (χ4v) is 3.79. The zero-order valence-electron chi connectivity index (χ0n) is 17.7. The molecule has 0 saturated heterocycles. The quantitative estimate of drug-likeness (QED) is 0.405. The minimum Gasteiger partial charge on any atom is -0.489 e. The first-order valence-electron chi connectivity index (χ1n) is 10.5. The lowest BCUT2D eigenvalue weighted by atomic mass is 9.93. The molecule has 0 aromatic heterocycles. The number of nitrogens with one attached hydrogen (secondary N) is 2. The Labute approximate surface area is 193 Å². The van der Waals surface area contributed by atoms with Gasteiger partial charge in [0.25, 0.3) is 0 Å². The summed E-state index contributed by atoms with van der Waals surface area (Å²) in [5, 5.41) is 6.82. The Morgan fingerprint density at radius 1 is 0.938 bits per heavy atom. The molecule has 0 spiro atoms. The van der Waals surface area contributed by atoms with Crippen molar-refractivity contribution in [3.63, 3.8) is 0 Å². The molecule has 0 aliphatic carbocycles. The molecule has 1 aliphatic heterocycles. The maximum atomic E-state index is 13.0. The van der Waals surface area contributed by atoms with Gasteiger partial charge in [-0.15, -0.1) is 0 Å². The molecule has 32 heavy (non-hydrogen) atoms. The van der Waals surface area contributed by atoms with Crippen LogP contribution in [0.5, 0.6) is 5.75 Å². The number of benzene rings is 3. The molecule has 5 nitrogen and oxygen atoms in total. The van der Waals surface area contributed by atoms with Crippen molar-refractivity contribution < 1.29 is 14.3 Å². The normalized spacial score (nSPS) is 15.5. The number of esters is 1. The summed E-state index contributed by atoms with van der Waals surface area (Å²) in [5.74, 6) is 0.363. The van der Waals surface area contributed by atoms with E-state index < -0.39 is 6.04 Å². The smallest absolute Gasteiger partial charge is 0.338 e. The molecule has 1 atom stereocenters. The van der Waals surface area contributed by atoms with Crippen molar-refractivity contribution in [3.05, 3.63) is 107 Å². The molecule has 0 fully saturated rings. The predicted octanol–water partition coefficient (Wildman–Crippen LogP) is 4.76. The van der Waals surface area contributed by atoms with Crippen LogP contribution >= 0.6 is 12.2 Å². The Hall–Kier alpha value is -3.64. The molecule has 0 bridgehead atoms. The molecule has 3 aromatic rings. The third-order valence-corrected chi connectivity index (χ3v) is 5.31. The first kappa shape index (κ1) is 21.6. The standard InChI is InChI=1S/C26H24N2O3S/c1-2-30-25(29)22-23(19-11-7-4-8-12-19)27-26(32)28-24(22)20-13-15-21(16-14-20)31-17-18-9-5-3-6-10-18/h3-16,24H,2,17H2,1H3,(H2,27,28,32)/t24-/m1/s1. The topological polar surface area (TPSA) is 59.6 Å². The van der Waals surface area contributed by atoms with Crippen LogP contribution in [0.15, 0.2) is 90.5 Å². The maximum Gasteiger partial charge on any atom is 0.338 e. The van der Waals surface area contributed by atoms with E-state index in [4.69, 9.17) is 21.7 Å². The summed E-state index contributed by atoms with van der Waals surface area (Å²) < 4.78 is 11.3. The van der Waals surface area contributed by atoms with Gasteiger partial charge in [0.1, 0.15) is 12.4 Å². The number of carbonyl (C=O) groups excluding carboxylic acids is 1. The van der Waals surface area contributed by atoms with Gasteiger partial charge >= 0.3 is 5.97 Å². The lowest BCUT2D eigenvalue weighted by molar-refractivity contribution is -0.138. The first-order valence-corrected chi connectivity index (χ1v) is 10.9. The van der Waals surface area contributed by atoms with Crippen LogP contribution in [-0.2, 0) is 16.1 Å². The highest BCUT2D eigenvalue weighted by molar-refractivity contribution is 7.80. The molecule has 1 heterocycles. The number of ether oxygens (including phenoxy) is 2. The predicted molar refractivity (Wildman–Crippen MR) is 129 cm³/mol. The van der Waals surface area contributed by atoms with Crippen LogP contribution in [0.2, 0.25) is 0 Å². The van der Waals surface area contributed by atoms with Crippen LogP contribution < -0.4 is 15.4 Å². The molecular formula is C26H24N2O3S. The Bertz CT molecular complexity index is 1110. The molecule has 2 N–H and O–H groups in total. The van der Waals surface area contributed by atoms with Crippen molar-refractivity contribution in [2.75, 3.05) is 6.61 Å². The van der Waals surface area contributed by atoms with Gasteiger partial charge in [-0.05, 0) is 48.0 Å². The third-order valence-electron chi connectivity index (χ3n) is 5.09. The van der Waals surface area contributed by atoms with Crippen molar-refractivity contribution in [3.8, 4) is 5.75 Å². The van der Waals surface area contributed by atoms with E-state index in [2.05, 4.69) is 10.6 Å². The fraction of sp³-hybridized carbons (Fsp3) is 0.154. The summed E-state index contributed by atoms with van der Waals surface area (Å²) in [6.45, 7) is 2.57. The first-order chi connectivity index (χ1) is 15.7. The molecule has 162 valence electrons. The number of hydrogen-bond acceptors (Lipinski definition) is 4. The lowest BCUT2D eigenvalue weighted by Gasteiger charge is -2.31. The van der Waals surface area contributed by atoms with Gasteiger partial charge in [-0.1, -0.05) is 72.8 Å². The van der Waals surface area contributed by atoms with Gasteiger partial charge in [-0.2, -0.15) is 0 Å². The van der Waals surface area contributed by atoms with Gasteiger partial charge < -0.3 is 20.1 Å². The molecule has 4 rings (SSSR count). The highest BCUT2D eigenvalue weighted by Crippen LogP contribution is 2.32. The van der Waals surface area contributed by atoms with Gasteiger partial charge in [-0.3, -0.25) is 0 Å². The van der Waals surface area contributed by atoms with Gasteiger partial charge in [-0.25, -0.2) is 4.79 Å². The summed E-state index contributed by atoms with van der Waals surface area (Å²) in [4.78, 5) is 13.0. The number of hydrogen-bond donors (Lipinski definition) is 2. The highest BCUT2D eigenvalue weighted by Gasteiger charge is 2.33. The molecule has 6 heteroatoms. The zero-order valence-corrected chi connectivity index (χ0v) is 18.5. The van der Waals surface area contributed by atoms with Crippen molar-refractivity contribution in [2.24, 2.45) is 0 Å². The lowest BCUT2D eigenvalue weighted by Crippen LogP contribution is -2.45. The molecule has 3 aromatic carbocycles. The minimum absolute atomic E-state index is 0.286. The molecular weight excluding hydrogens is 420 g/mol. The van der Waals surface area contributed by atoms with Gasteiger partial charge in [0, 0.05) is 0 Å². The van der Waals surface area contributed by atoms with Crippen LogP contribution in [0.4, 0.5) is 0 Å². The van der Waals surface area contributed by atoms with Gasteiger partial charge in [0.05, 0.1) is 23.9 Å². The van der Waals surface area contributed by atoms with Crippen molar-refractivity contribution in [1.29, 1.82) is 0 Å². The summed E-state index contributed by atoms with van der Waals surface area (Å²) in [6.07, 6.45) is 0. The minimum atomic E-state index is -0.443. The van der Waals surface area contributed by atoms with Crippen molar-refractivity contribution >= 4 is 29.0 Å². The summed E-state index contributed by atoms with van der Waals surface area (Å²) in [6, 6.07) is 26.9. The monoisotopic (exact) mass is 444 g/mol. The SMILES string of the molecule is CCOC(=O)C1=C(c2ccccc2)NC(=S)N[C@@H]1c1ccc(OCc2ccccc2)cc1. The van der Waals surface area contributed by atoms with Crippen LogP contribution in [0.25, 0.3) is 5.70 Å². The highest BCUT2D eigenvalue weighted by atomic mass is 32.1. The van der Waals surface area contributed by atoms with E-state index in [0.717, 1.165) is 22.4 Å². The Morgan fingerprint density at radius 3 is 2.25 bits per heavy atom. The molecule has 0 radical (unpaired) electrons. The van der Waals surface area contributed by atoms with E-state index in [-0.39, 0.29) is 12.6 Å². The van der Waals surface area contributed by atoms with Crippen LogP contribution in [-0.4, -0.2) is 17.7 Å². The second-order valence-electron chi connectivity index (χ2n) is 7.25. The van der Waals surface area contributed by atoms with Crippen LogP contribution in [0, 0.1) is 0 Å². The molecule has 0 unspecified atom stereocenters. The Morgan fingerprint density at radius 2 is 1.59 bits per heavy atom. The Balaban J connectivity index is 1.64. The molecule has 0 amide bonds. The Kier molecular flexibility index (Phi) is 6.82. The fourth-order valence-electron chi connectivity index (χ4n) is 3.57. The van der Waals surface area contributed by atoms with E-state index in [1.54, 1.807) is 6.92 Å². The van der Waals surface area contributed by atoms with E-state index in [1.807, 2.05) is 84.9 Å². The van der Waals surface area contributed by atoms with Gasteiger partial charge in [0.15, 0.2) is 5.11 Å². The zero-order chi connectivity index (χ0) is 22.3. The van der Waals surface area contributed by atoms with Crippen molar-refractivity contribution in [2.45, 2.75) is 19.6 Å². The maximum absolute atomic E-state index is 13.0. The second kappa shape index (κ2) is 10.1. The van der Waals surface area contributed by atoms with Crippen molar-refractivity contribution in [1.82, 2.24) is 10.6 Å². The second-order valence-corrected chi connectivity index (χ2v) is 7.66. The molecule has 0 saturated carbocycles. The summed E-state index contributed by atoms with van der Waals surface area (Å²) in [7, 11) is 0. The van der Waals surface area contributed by atoms with E-state index in [0.29, 0.717) is 23.0 Å². The summed E-state index contributed by atoms with van der Waals surface area (Å²) in [5.41, 5.74) is 4.00. The van der Waals surface area contributed by atoms with E-state index in [9.17, 15) is 4.79 Å². The van der Waals surface area contributed by atoms with Crippen LogP contribution in [0.1, 0.15) is 29.7 Å². The van der Waals surface area contributed by atoms with E-state index >= 15 is 0 Å². The average molecular weight is 445 g/mol. The van der Waals surface area contributed by atoms with E-state index in [1.165, 1.54) is 0 Å².